The fourth-order valence-electron chi connectivity index (χ4n) is 3.54. The summed E-state index contributed by atoms with van der Waals surface area (Å²) in [7, 11) is 0. The molecular formula is C20H14ClN5O. The minimum Gasteiger partial charge on any atom is -0.294 e. The zero-order chi connectivity index (χ0) is 18.4. The van der Waals surface area contributed by atoms with Crippen molar-refractivity contribution in [3.63, 3.8) is 0 Å². The number of carbonyl (C=O) groups excluding carboxylic acids is 1. The summed E-state index contributed by atoms with van der Waals surface area (Å²) in [5.74, 6) is 1.22. The first-order valence-electron chi connectivity index (χ1n) is 8.63. The van der Waals surface area contributed by atoms with Gasteiger partial charge in [-0.25, -0.2) is 4.98 Å². The van der Waals surface area contributed by atoms with Gasteiger partial charge in [-0.3, -0.25) is 9.78 Å². The molecule has 0 saturated carbocycles. The summed E-state index contributed by atoms with van der Waals surface area (Å²) in [5.41, 5.74) is 3.43. The van der Waals surface area contributed by atoms with Crippen molar-refractivity contribution in [3.8, 4) is 11.4 Å². The lowest BCUT2D eigenvalue weighted by atomic mass is 9.82. The minimum absolute atomic E-state index is 0.0755. The molecule has 7 heteroatoms. The van der Waals surface area contributed by atoms with E-state index in [0.29, 0.717) is 35.0 Å². The Morgan fingerprint density at radius 1 is 1.04 bits per heavy atom. The molecule has 0 radical (unpaired) electrons. The molecule has 4 aromatic rings. The standard InChI is InChI=1S/C20H14ClN5O/c21-15-3-1-12(2-4-15)14-9-17-16(18(27)10-14)11-23-20-24-19(25-26(17)20)13-5-7-22-8-6-13/h1-8,11,14H,9-10H2. The van der Waals surface area contributed by atoms with Crippen LogP contribution < -0.4 is 0 Å². The lowest BCUT2D eigenvalue weighted by molar-refractivity contribution is 0.0962. The van der Waals surface area contributed by atoms with Crippen LogP contribution in [0.1, 0.15) is 34.0 Å². The van der Waals surface area contributed by atoms with E-state index in [9.17, 15) is 4.79 Å². The average Bonchev–Trinajstić information content (AvgIpc) is 3.14. The molecule has 3 aromatic heterocycles. The predicted octanol–water partition coefficient (Wildman–Crippen LogP) is 3.75. The SMILES string of the molecule is O=C1CC(c2ccc(Cl)cc2)Cc2c1cnc1nc(-c3ccncc3)nn21. The quantitative estimate of drug-likeness (QED) is 0.533. The van der Waals surface area contributed by atoms with E-state index < -0.39 is 0 Å². The van der Waals surface area contributed by atoms with Crippen LogP contribution in [-0.4, -0.2) is 30.3 Å². The third-order valence-electron chi connectivity index (χ3n) is 4.92. The van der Waals surface area contributed by atoms with Gasteiger partial charge in [0, 0.05) is 35.6 Å². The highest BCUT2D eigenvalue weighted by Crippen LogP contribution is 2.33. The van der Waals surface area contributed by atoms with Gasteiger partial charge in [0.2, 0.25) is 0 Å². The fourth-order valence-corrected chi connectivity index (χ4v) is 3.67. The Morgan fingerprint density at radius 2 is 1.81 bits per heavy atom. The summed E-state index contributed by atoms with van der Waals surface area (Å²) >= 11 is 6.00. The van der Waals surface area contributed by atoms with E-state index in [0.717, 1.165) is 16.8 Å². The number of rotatable bonds is 2. The van der Waals surface area contributed by atoms with Crippen LogP contribution in [0.4, 0.5) is 0 Å². The van der Waals surface area contributed by atoms with Crippen molar-refractivity contribution in [2.75, 3.05) is 0 Å². The molecule has 1 aliphatic carbocycles. The topological polar surface area (TPSA) is 73.0 Å². The van der Waals surface area contributed by atoms with Gasteiger partial charge in [0.05, 0.1) is 11.3 Å². The molecule has 6 nitrogen and oxygen atoms in total. The van der Waals surface area contributed by atoms with Crippen molar-refractivity contribution >= 4 is 23.2 Å². The number of hydrogen-bond acceptors (Lipinski definition) is 5. The third-order valence-corrected chi connectivity index (χ3v) is 5.17. The largest absolute Gasteiger partial charge is 0.294 e. The number of benzene rings is 1. The van der Waals surface area contributed by atoms with Crippen molar-refractivity contribution in [3.05, 3.63) is 76.8 Å². The second-order valence-electron chi connectivity index (χ2n) is 6.58. The summed E-state index contributed by atoms with van der Waals surface area (Å²) in [5, 5.41) is 5.30. The van der Waals surface area contributed by atoms with Crippen molar-refractivity contribution in [2.24, 2.45) is 0 Å². The van der Waals surface area contributed by atoms with Crippen LogP contribution in [0.5, 0.6) is 0 Å². The van der Waals surface area contributed by atoms with Gasteiger partial charge in [-0.1, -0.05) is 23.7 Å². The molecule has 0 N–H and O–H groups in total. The number of carbonyl (C=O) groups is 1. The number of pyridine rings is 1. The van der Waals surface area contributed by atoms with Gasteiger partial charge in [-0.2, -0.15) is 9.50 Å². The van der Waals surface area contributed by atoms with Crippen LogP contribution in [0.15, 0.2) is 55.0 Å². The Kier molecular flexibility index (Phi) is 3.72. The van der Waals surface area contributed by atoms with Crippen molar-refractivity contribution in [1.29, 1.82) is 0 Å². The Bertz CT molecular complexity index is 1150. The van der Waals surface area contributed by atoms with Crippen LogP contribution in [-0.2, 0) is 6.42 Å². The van der Waals surface area contributed by atoms with E-state index in [1.54, 1.807) is 23.1 Å². The molecule has 1 aromatic carbocycles. The van der Waals surface area contributed by atoms with Gasteiger partial charge in [-0.15, -0.1) is 5.10 Å². The molecule has 27 heavy (non-hydrogen) atoms. The van der Waals surface area contributed by atoms with Crippen LogP contribution >= 0.6 is 11.6 Å². The van der Waals surface area contributed by atoms with Gasteiger partial charge >= 0.3 is 0 Å². The first kappa shape index (κ1) is 16.1. The maximum absolute atomic E-state index is 12.7. The molecule has 3 heterocycles. The molecule has 132 valence electrons. The first-order valence-corrected chi connectivity index (χ1v) is 9.00. The number of fused-ring (bicyclic) bond motifs is 3. The maximum atomic E-state index is 12.7. The molecule has 0 spiro atoms. The highest BCUT2D eigenvalue weighted by atomic mass is 35.5. The lowest BCUT2D eigenvalue weighted by Crippen LogP contribution is -2.22. The predicted molar refractivity (Wildman–Crippen MR) is 101 cm³/mol. The Hall–Kier alpha value is -3.12. The Balaban J connectivity index is 1.61. The number of halogens is 1. The number of hydrogen-bond donors (Lipinski definition) is 0. The second kappa shape index (κ2) is 6.25. The summed E-state index contributed by atoms with van der Waals surface area (Å²) in [6.07, 6.45) is 6.17. The molecule has 1 unspecified atom stereocenters. The molecule has 0 amide bonds. The van der Waals surface area contributed by atoms with Crippen LogP contribution in [0.3, 0.4) is 0 Å². The first-order chi connectivity index (χ1) is 13.2. The molecule has 0 fully saturated rings. The fraction of sp³-hybridized carbons (Fsp3) is 0.150. The molecule has 1 atom stereocenters. The number of ketones is 1. The van der Waals surface area contributed by atoms with E-state index >= 15 is 0 Å². The smallest absolute Gasteiger partial charge is 0.252 e. The number of Topliss-reactive ketones (excluding diaryl/α,β-unsaturated/α-hetero) is 1. The highest BCUT2D eigenvalue weighted by molar-refractivity contribution is 6.30. The molecular weight excluding hydrogens is 362 g/mol. The second-order valence-corrected chi connectivity index (χ2v) is 7.02. The van der Waals surface area contributed by atoms with E-state index in [-0.39, 0.29) is 11.7 Å². The molecule has 0 saturated heterocycles. The summed E-state index contributed by atoms with van der Waals surface area (Å²) in [6, 6.07) is 11.4. The van der Waals surface area contributed by atoms with E-state index in [1.807, 2.05) is 36.4 Å². The number of nitrogens with zero attached hydrogens (tertiary/aromatic N) is 5. The molecule has 5 rings (SSSR count). The Labute approximate surface area is 159 Å². The van der Waals surface area contributed by atoms with Crippen LogP contribution in [0.2, 0.25) is 5.02 Å². The van der Waals surface area contributed by atoms with Crippen molar-refractivity contribution in [1.82, 2.24) is 24.6 Å². The zero-order valence-corrected chi connectivity index (χ0v) is 15.0. The maximum Gasteiger partial charge on any atom is 0.252 e. The molecule has 0 aliphatic heterocycles. The zero-order valence-electron chi connectivity index (χ0n) is 14.2. The Morgan fingerprint density at radius 3 is 2.59 bits per heavy atom. The van der Waals surface area contributed by atoms with E-state index in [1.165, 1.54) is 0 Å². The normalized spacial score (nSPS) is 16.5. The minimum atomic E-state index is 0.0755. The van der Waals surface area contributed by atoms with Crippen LogP contribution in [0.25, 0.3) is 17.2 Å². The van der Waals surface area contributed by atoms with Crippen molar-refractivity contribution < 1.29 is 4.79 Å². The highest BCUT2D eigenvalue weighted by Gasteiger charge is 2.29. The third kappa shape index (κ3) is 2.78. The van der Waals surface area contributed by atoms with Gasteiger partial charge in [-0.05, 0) is 42.2 Å². The summed E-state index contributed by atoms with van der Waals surface area (Å²) in [6.45, 7) is 0. The van der Waals surface area contributed by atoms with Crippen LogP contribution in [0, 0.1) is 0 Å². The van der Waals surface area contributed by atoms with E-state index in [4.69, 9.17) is 11.6 Å². The summed E-state index contributed by atoms with van der Waals surface area (Å²) < 4.78 is 1.70. The lowest BCUT2D eigenvalue weighted by Gasteiger charge is -2.23. The summed E-state index contributed by atoms with van der Waals surface area (Å²) in [4.78, 5) is 25.6. The van der Waals surface area contributed by atoms with E-state index in [2.05, 4.69) is 20.1 Å². The molecule has 1 aliphatic rings. The number of aromatic nitrogens is 5. The average molecular weight is 376 g/mol. The van der Waals surface area contributed by atoms with Crippen molar-refractivity contribution in [2.45, 2.75) is 18.8 Å². The van der Waals surface area contributed by atoms with Gasteiger partial charge in [0.25, 0.3) is 5.78 Å². The van der Waals surface area contributed by atoms with Gasteiger partial charge < -0.3 is 0 Å². The van der Waals surface area contributed by atoms with Gasteiger partial charge in [0.1, 0.15) is 0 Å². The molecule has 0 bridgehead atoms. The van der Waals surface area contributed by atoms with Gasteiger partial charge in [0.15, 0.2) is 11.6 Å². The monoisotopic (exact) mass is 375 g/mol.